The van der Waals surface area contributed by atoms with Crippen LogP contribution in [-0.2, 0) is 9.53 Å². The van der Waals surface area contributed by atoms with E-state index < -0.39 is 18.0 Å². The molecule has 0 heterocycles. The molecule has 110 valence electrons. The molecule has 0 saturated heterocycles. The number of carboxylic acid groups (broad SMARTS) is 1. The van der Waals surface area contributed by atoms with Crippen LogP contribution in [0.25, 0.3) is 0 Å². The van der Waals surface area contributed by atoms with Gasteiger partial charge in [-0.1, -0.05) is 26.3 Å². The van der Waals surface area contributed by atoms with Crippen molar-refractivity contribution in [2.75, 3.05) is 19.8 Å². The fourth-order valence-electron chi connectivity index (χ4n) is 1.38. The number of carbonyl (C=O) groups is 2. The van der Waals surface area contributed by atoms with Crippen molar-refractivity contribution < 1.29 is 19.4 Å². The second-order valence-corrected chi connectivity index (χ2v) is 4.29. The summed E-state index contributed by atoms with van der Waals surface area (Å²) in [7, 11) is 0. The average Bonchev–Trinajstić information content (AvgIpc) is 2.38. The Morgan fingerprint density at radius 1 is 1.42 bits per heavy atom. The van der Waals surface area contributed by atoms with Crippen LogP contribution in [0.15, 0.2) is 12.7 Å². The maximum Gasteiger partial charge on any atom is 0.326 e. The molecule has 2 atom stereocenters. The topological polar surface area (TPSA) is 87.7 Å². The van der Waals surface area contributed by atoms with E-state index in [1.807, 2.05) is 6.92 Å². The lowest BCUT2D eigenvalue weighted by Gasteiger charge is -2.20. The number of aliphatic carboxylic acids is 1. The Hall–Kier alpha value is -1.56. The first-order chi connectivity index (χ1) is 9.02. The van der Waals surface area contributed by atoms with Crippen molar-refractivity contribution in [3.8, 4) is 0 Å². The Labute approximate surface area is 114 Å². The van der Waals surface area contributed by atoms with Crippen LogP contribution in [0.5, 0.6) is 0 Å². The number of rotatable bonds is 10. The second-order valence-electron chi connectivity index (χ2n) is 4.29. The van der Waals surface area contributed by atoms with Crippen molar-refractivity contribution in [3.63, 3.8) is 0 Å². The summed E-state index contributed by atoms with van der Waals surface area (Å²) in [5.41, 5.74) is 0. The normalized spacial score (nSPS) is 13.4. The van der Waals surface area contributed by atoms with E-state index in [1.165, 1.54) is 0 Å². The van der Waals surface area contributed by atoms with Crippen LogP contribution in [0.1, 0.15) is 26.7 Å². The van der Waals surface area contributed by atoms with Crippen LogP contribution in [0.4, 0.5) is 4.79 Å². The van der Waals surface area contributed by atoms with Crippen molar-refractivity contribution in [1.29, 1.82) is 0 Å². The van der Waals surface area contributed by atoms with Gasteiger partial charge in [0.1, 0.15) is 6.04 Å². The highest BCUT2D eigenvalue weighted by Gasteiger charge is 2.24. The summed E-state index contributed by atoms with van der Waals surface area (Å²) in [5, 5.41) is 14.0. The number of carbonyl (C=O) groups excluding carboxylic acids is 1. The van der Waals surface area contributed by atoms with Crippen molar-refractivity contribution in [3.05, 3.63) is 12.7 Å². The van der Waals surface area contributed by atoms with Crippen molar-refractivity contribution in [1.82, 2.24) is 10.6 Å². The third kappa shape index (κ3) is 8.20. The van der Waals surface area contributed by atoms with Crippen LogP contribution in [0.3, 0.4) is 0 Å². The molecular formula is C13H24N2O4. The van der Waals surface area contributed by atoms with Crippen molar-refractivity contribution in [2.45, 2.75) is 32.7 Å². The molecule has 0 bridgehead atoms. The first-order valence-electron chi connectivity index (χ1n) is 6.48. The van der Waals surface area contributed by atoms with E-state index in [0.29, 0.717) is 26.2 Å². The number of hydrogen-bond acceptors (Lipinski definition) is 3. The highest BCUT2D eigenvalue weighted by Crippen LogP contribution is 2.07. The van der Waals surface area contributed by atoms with Gasteiger partial charge in [0.15, 0.2) is 0 Å². The van der Waals surface area contributed by atoms with Crippen molar-refractivity contribution >= 4 is 12.0 Å². The molecule has 1 unspecified atom stereocenters. The maximum atomic E-state index is 11.5. The molecule has 0 aromatic rings. The van der Waals surface area contributed by atoms with E-state index in [2.05, 4.69) is 17.2 Å². The average molecular weight is 272 g/mol. The summed E-state index contributed by atoms with van der Waals surface area (Å²) in [6.45, 7) is 8.54. The predicted molar refractivity (Wildman–Crippen MR) is 73.0 cm³/mol. The van der Waals surface area contributed by atoms with Gasteiger partial charge in [-0.3, -0.25) is 0 Å². The molecule has 0 aliphatic heterocycles. The molecular weight excluding hydrogens is 248 g/mol. The van der Waals surface area contributed by atoms with E-state index in [1.54, 1.807) is 13.0 Å². The fraction of sp³-hybridized carbons (Fsp3) is 0.692. The summed E-state index contributed by atoms with van der Waals surface area (Å²) in [6.07, 6.45) is 3.20. The Morgan fingerprint density at radius 3 is 2.63 bits per heavy atom. The van der Waals surface area contributed by atoms with Gasteiger partial charge in [-0.2, -0.15) is 0 Å². The number of amides is 2. The van der Waals surface area contributed by atoms with Gasteiger partial charge in [-0.25, -0.2) is 9.59 Å². The van der Waals surface area contributed by atoms with Gasteiger partial charge in [-0.15, -0.1) is 6.58 Å². The van der Waals surface area contributed by atoms with Crippen LogP contribution >= 0.6 is 0 Å². The molecule has 6 nitrogen and oxygen atoms in total. The largest absolute Gasteiger partial charge is 0.480 e. The summed E-state index contributed by atoms with van der Waals surface area (Å²) in [4.78, 5) is 22.5. The molecule has 3 N–H and O–H groups in total. The summed E-state index contributed by atoms with van der Waals surface area (Å²) in [5.74, 6) is -1.14. The minimum Gasteiger partial charge on any atom is -0.480 e. The van der Waals surface area contributed by atoms with Crippen molar-refractivity contribution in [2.24, 2.45) is 5.92 Å². The second kappa shape index (κ2) is 10.4. The summed E-state index contributed by atoms with van der Waals surface area (Å²) < 4.78 is 5.22. The lowest BCUT2D eigenvalue weighted by atomic mass is 9.99. The first kappa shape index (κ1) is 17.4. The van der Waals surface area contributed by atoms with Gasteiger partial charge in [0.2, 0.25) is 0 Å². The third-order valence-corrected chi connectivity index (χ3v) is 2.76. The summed E-state index contributed by atoms with van der Waals surface area (Å²) >= 11 is 0. The number of urea groups is 1. The van der Waals surface area contributed by atoms with E-state index >= 15 is 0 Å². The standard InChI is InChI=1S/C13H24N2O4/c1-4-6-8-19-9-7-14-13(18)15-11(12(16)17)10(3)5-2/h4,10-11H,1,5-9H2,2-3H3,(H,16,17)(H2,14,15,18)/t10?,11-/m0/s1. The van der Waals surface area contributed by atoms with E-state index in [-0.39, 0.29) is 5.92 Å². The molecule has 0 aliphatic carbocycles. The third-order valence-electron chi connectivity index (χ3n) is 2.76. The Balaban J connectivity index is 3.87. The Morgan fingerprint density at radius 2 is 2.11 bits per heavy atom. The molecule has 0 aromatic carbocycles. The molecule has 19 heavy (non-hydrogen) atoms. The number of nitrogens with one attached hydrogen (secondary N) is 2. The zero-order valence-electron chi connectivity index (χ0n) is 11.6. The van der Waals surface area contributed by atoms with Crippen LogP contribution < -0.4 is 10.6 Å². The van der Waals surface area contributed by atoms with E-state index in [0.717, 1.165) is 6.42 Å². The minimum absolute atomic E-state index is 0.118. The molecule has 0 fully saturated rings. The van der Waals surface area contributed by atoms with Gasteiger partial charge in [-0.05, 0) is 12.3 Å². The number of hydrogen-bond donors (Lipinski definition) is 3. The maximum absolute atomic E-state index is 11.5. The lowest BCUT2D eigenvalue weighted by Crippen LogP contribution is -2.49. The number of carboxylic acids is 1. The highest BCUT2D eigenvalue weighted by molar-refractivity contribution is 5.82. The molecule has 0 saturated carbocycles. The smallest absolute Gasteiger partial charge is 0.326 e. The minimum atomic E-state index is -1.02. The zero-order chi connectivity index (χ0) is 14.7. The summed E-state index contributed by atoms with van der Waals surface area (Å²) in [6, 6.07) is -1.35. The highest BCUT2D eigenvalue weighted by atomic mass is 16.5. The molecule has 0 rings (SSSR count). The molecule has 0 spiro atoms. The van der Waals surface area contributed by atoms with E-state index in [4.69, 9.17) is 9.84 Å². The first-order valence-corrected chi connectivity index (χ1v) is 6.48. The van der Waals surface area contributed by atoms with Gasteiger partial charge in [0.05, 0.1) is 13.2 Å². The van der Waals surface area contributed by atoms with Gasteiger partial charge < -0.3 is 20.5 Å². The van der Waals surface area contributed by atoms with Crippen LogP contribution in [0, 0.1) is 5.92 Å². The van der Waals surface area contributed by atoms with Crippen LogP contribution in [0.2, 0.25) is 0 Å². The zero-order valence-corrected chi connectivity index (χ0v) is 11.6. The van der Waals surface area contributed by atoms with Gasteiger partial charge >= 0.3 is 12.0 Å². The van der Waals surface area contributed by atoms with Gasteiger partial charge in [0.25, 0.3) is 0 Å². The lowest BCUT2D eigenvalue weighted by molar-refractivity contribution is -0.140. The molecule has 0 aliphatic rings. The quantitative estimate of drug-likeness (QED) is 0.414. The fourth-order valence-corrected chi connectivity index (χ4v) is 1.38. The Kier molecular flexibility index (Phi) is 9.52. The van der Waals surface area contributed by atoms with Crippen LogP contribution in [-0.4, -0.2) is 42.9 Å². The Bertz CT molecular complexity index is 294. The van der Waals surface area contributed by atoms with Gasteiger partial charge in [0, 0.05) is 6.54 Å². The SMILES string of the molecule is C=CCCOCCNC(=O)N[C@H](C(=O)O)C(C)CC. The molecule has 0 radical (unpaired) electrons. The molecule has 0 aromatic heterocycles. The number of ether oxygens (including phenoxy) is 1. The molecule has 2 amide bonds. The predicted octanol–water partition coefficient (Wildman–Crippen LogP) is 1.38. The van der Waals surface area contributed by atoms with E-state index in [9.17, 15) is 9.59 Å². The monoisotopic (exact) mass is 272 g/mol. The molecule has 6 heteroatoms.